The number of amides is 1. The summed E-state index contributed by atoms with van der Waals surface area (Å²) in [6.07, 6.45) is 0.642. The van der Waals surface area contributed by atoms with Crippen LogP contribution in [0.2, 0.25) is 0 Å². The molecule has 3 rings (SSSR count). The van der Waals surface area contributed by atoms with E-state index in [0.29, 0.717) is 19.6 Å². The number of hydrogen-bond donors (Lipinski definition) is 0. The molecule has 0 fully saturated rings. The second-order valence-corrected chi connectivity index (χ2v) is 5.61. The van der Waals surface area contributed by atoms with Gasteiger partial charge in [-0.25, -0.2) is 4.39 Å². The molecule has 0 spiro atoms. The number of ether oxygens (including phenoxy) is 2. The Morgan fingerprint density at radius 1 is 1.42 bits per heavy atom. The van der Waals surface area contributed by atoms with E-state index in [-0.39, 0.29) is 23.3 Å². The fraction of sp³-hybridized carbons (Fsp3) is 0.438. The summed E-state index contributed by atoms with van der Waals surface area (Å²) in [5, 5.41) is 8.20. The first-order chi connectivity index (χ1) is 11.6. The van der Waals surface area contributed by atoms with Crippen molar-refractivity contribution in [3.05, 3.63) is 41.0 Å². The predicted octanol–water partition coefficient (Wildman–Crippen LogP) is 1.35. The Labute approximate surface area is 139 Å². The van der Waals surface area contributed by atoms with Crippen LogP contribution in [-0.4, -0.2) is 53.2 Å². The summed E-state index contributed by atoms with van der Waals surface area (Å²) in [5.41, 5.74) is 1.98. The molecule has 0 bridgehead atoms. The first kappa shape index (κ1) is 16.4. The lowest BCUT2D eigenvalue weighted by atomic mass is 10.0. The van der Waals surface area contributed by atoms with Crippen LogP contribution in [0.25, 0.3) is 0 Å². The van der Waals surface area contributed by atoms with Crippen molar-refractivity contribution in [1.29, 1.82) is 0 Å². The first-order valence-electron chi connectivity index (χ1n) is 7.58. The van der Waals surface area contributed by atoms with E-state index in [4.69, 9.17) is 9.47 Å². The maximum absolute atomic E-state index is 13.9. The monoisotopic (exact) mass is 334 g/mol. The molecule has 2 aromatic rings. The van der Waals surface area contributed by atoms with Crippen LogP contribution in [0.5, 0.6) is 5.75 Å². The van der Waals surface area contributed by atoms with Gasteiger partial charge < -0.3 is 14.4 Å². The number of aryl methyl sites for hydroxylation is 1. The Balaban J connectivity index is 1.92. The lowest BCUT2D eigenvalue weighted by Crippen LogP contribution is -2.42. The van der Waals surface area contributed by atoms with Crippen molar-refractivity contribution in [2.75, 3.05) is 27.4 Å². The molecule has 0 aliphatic carbocycles. The Morgan fingerprint density at radius 3 is 2.88 bits per heavy atom. The zero-order valence-corrected chi connectivity index (χ0v) is 13.8. The van der Waals surface area contributed by atoms with Crippen LogP contribution in [0.3, 0.4) is 0 Å². The van der Waals surface area contributed by atoms with Crippen molar-refractivity contribution in [1.82, 2.24) is 19.9 Å². The van der Waals surface area contributed by atoms with Crippen molar-refractivity contribution in [2.24, 2.45) is 7.05 Å². The van der Waals surface area contributed by atoms with Crippen LogP contribution in [0.15, 0.2) is 18.2 Å². The minimum absolute atomic E-state index is 0.106. The highest BCUT2D eigenvalue weighted by molar-refractivity contribution is 5.94. The molecule has 1 unspecified atom stereocenters. The van der Waals surface area contributed by atoms with Crippen molar-refractivity contribution < 1.29 is 18.7 Å². The number of nitrogens with zero attached hydrogens (tertiary/aromatic N) is 4. The number of hydrogen-bond acceptors (Lipinski definition) is 5. The quantitative estimate of drug-likeness (QED) is 0.844. The minimum atomic E-state index is -0.566. The van der Waals surface area contributed by atoms with Crippen molar-refractivity contribution >= 4 is 5.91 Å². The van der Waals surface area contributed by atoms with Gasteiger partial charge in [0.25, 0.3) is 5.91 Å². The highest BCUT2D eigenvalue weighted by atomic mass is 19.1. The molecule has 8 heteroatoms. The average Bonchev–Trinajstić information content (AvgIpc) is 2.96. The van der Waals surface area contributed by atoms with E-state index in [1.54, 1.807) is 22.8 Å². The van der Waals surface area contributed by atoms with Crippen LogP contribution < -0.4 is 4.74 Å². The van der Waals surface area contributed by atoms with Gasteiger partial charge >= 0.3 is 0 Å². The second-order valence-electron chi connectivity index (χ2n) is 5.61. The standard InChI is InChI=1S/C16H19FN4O3/c1-20-12-6-7-21(13(9-23-2)15(12)18-19-20)16(22)10-4-5-14(24-3)11(17)8-10/h4-5,8,13H,6-7,9H2,1-3H3. The average molecular weight is 334 g/mol. The number of aromatic nitrogens is 3. The van der Waals surface area contributed by atoms with E-state index in [1.165, 1.54) is 19.2 Å². The van der Waals surface area contributed by atoms with Crippen molar-refractivity contribution in [2.45, 2.75) is 12.5 Å². The molecular weight excluding hydrogens is 315 g/mol. The zero-order chi connectivity index (χ0) is 17.3. The van der Waals surface area contributed by atoms with Gasteiger partial charge in [-0.1, -0.05) is 5.21 Å². The highest BCUT2D eigenvalue weighted by Crippen LogP contribution is 2.30. The van der Waals surface area contributed by atoms with E-state index in [0.717, 1.165) is 11.4 Å². The summed E-state index contributed by atoms with van der Waals surface area (Å²) in [6.45, 7) is 0.796. The van der Waals surface area contributed by atoms with E-state index in [9.17, 15) is 9.18 Å². The fourth-order valence-electron chi connectivity index (χ4n) is 3.01. The molecule has 0 saturated heterocycles. The Morgan fingerprint density at radius 2 is 2.21 bits per heavy atom. The van der Waals surface area contributed by atoms with E-state index in [2.05, 4.69) is 10.3 Å². The summed E-state index contributed by atoms with van der Waals surface area (Å²) in [7, 11) is 4.78. The van der Waals surface area contributed by atoms with Crippen LogP contribution in [0.1, 0.15) is 27.8 Å². The molecular formula is C16H19FN4O3. The Bertz CT molecular complexity index is 762. The van der Waals surface area contributed by atoms with Gasteiger partial charge in [0.2, 0.25) is 0 Å². The highest BCUT2D eigenvalue weighted by Gasteiger charge is 2.35. The molecule has 1 amide bonds. The summed E-state index contributed by atoms with van der Waals surface area (Å²) >= 11 is 0. The second kappa shape index (κ2) is 6.56. The first-order valence-corrected chi connectivity index (χ1v) is 7.58. The molecule has 7 nitrogen and oxygen atoms in total. The SMILES string of the molecule is COCC1c2nnn(C)c2CCN1C(=O)c1ccc(OC)c(F)c1. The van der Waals surface area contributed by atoms with Crippen molar-refractivity contribution in [3.63, 3.8) is 0 Å². The number of carbonyl (C=O) groups excluding carboxylic acids is 1. The molecule has 128 valence electrons. The summed E-state index contributed by atoms with van der Waals surface area (Å²) in [4.78, 5) is 14.5. The van der Waals surface area contributed by atoms with Crippen LogP contribution >= 0.6 is 0 Å². The molecule has 1 aromatic carbocycles. The Kier molecular flexibility index (Phi) is 4.48. The van der Waals surface area contributed by atoms with Gasteiger partial charge in [-0.05, 0) is 18.2 Å². The molecule has 2 heterocycles. The summed E-state index contributed by atoms with van der Waals surface area (Å²) < 4.78 is 25.8. The summed E-state index contributed by atoms with van der Waals surface area (Å²) in [5.74, 6) is -0.728. The number of methoxy groups -OCH3 is 2. The lowest BCUT2D eigenvalue weighted by molar-refractivity contribution is 0.0490. The van der Waals surface area contributed by atoms with Gasteiger partial charge in [0.15, 0.2) is 11.6 Å². The van der Waals surface area contributed by atoms with Gasteiger partial charge in [-0.2, -0.15) is 0 Å². The molecule has 1 aromatic heterocycles. The molecule has 0 N–H and O–H groups in total. The van der Waals surface area contributed by atoms with Gasteiger partial charge in [0, 0.05) is 32.7 Å². The van der Waals surface area contributed by atoms with E-state index in [1.807, 2.05) is 7.05 Å². The summed E-state index contributed by atoms with van der Waals surface area (Å²) in [6, 6.07) is 3.86. The van der Waals surface area contributed by atoms with Crippen LogP contribution in [-0.2, 0) is 18.2 Å². The number of benzene rings is 1. The molecule has 0 saturated carbocycles. The third-order valence-corrected chi connectivity index (χ3v) is 4.24. The third-order valence-electron chi connectivity index (χ3n) is 4.24. The van der Waals surface area contributed by atoms with Crippen LogP contribution in [0.4, 0.5) is 4.39 Å². The van der Waals surface area contributed by atoms with Gasteiger partial charge in [-0.15, -0.1) is 5.10 Å². The molecule has 1 aliphatic rings. The number of rotatable bonds is 4. The smallest absolute Gasteiger partial charge is 0.254 e. The fourth-order valence-corrected chi connectivity index (χ4v) is 3.01. The maximum atomic E-state index is 13.9. The maximum Gasteiger partial charge on any atom is 0.254 e. The number of halogens is 1. The van der Waals surface area contributed by atoms with E-state index >= 15 is 0 Å². The van der Waals surface area contributed by atoms with Crippen molar-refractivity contribution in [3.8, 4) is 5.75 Å². The number of carbonyl (C=O) groups is 1. The Hall–Kier alpha value is -2.48. The molecule has 1 atom stereocenters. The van der Waals surface area contributed by atoms with E-state index < -0.39 is 5.82 Å². The number of fused-ring (bicyclic) bond motifs is 1. The topological polar surface area (TPSA) is 69.5 Å². The van der Waals surface area contributed by atoms with Gasteiger partial charge in [-0.3, -0.25) is 9.48 Å². The normalized spacial score (nSPS) is 16.8. The lowest BCUT2D eigenvalue weighted by Gasteiger charge is -2.34. The molecule has 24 heavy (non-hydrogen) atoms. The largest absolute Gasteiger partial charge is 0.494 e. The predicted molar refractivity (Wildman–Crippen MR) is 83.3 cm³/mol. The van der Waals surface area contributed by atoms with Gasteiger partial charge in [0.1, 0.15) is 11.7 Å². The molecule has 0 radical (unpaired) electrons. The minimum Gasteiger partial charge on any atom is -0.494 e. The van der Waals surface area contributed by atoms with Gasteiger partial charge in [0.05, 0.1) is 19.4 Å². The molecule has 1 aliphatic heterocycles. The van der Waals surface area contributed by atoms with Crippen LogP contribution in [0, 0.1) is 5.82 Å². The zero-order valence-electron chi connectivity index (χ0n) is 13.8. The third kappa shape index (κ3) is 2.73.